The Labute approximate surface area is 212 Å². The molecular weight excluding hydrogens is 472 g/mol. The van der Waals surface area contributed by atoms with E-state index >= 15 is 0 Å². The zero-order valence-corrected chi connectivity index (χ0v) is 21.9. The largest absolute Gasteiger partial charge is 0.464 e. The van der Waals surface area contributed by atoms with Crippen LogP contribution in [0.5, 0.6) is 0 Å². The highest BCUT2D eigenvalue weighted by Crippen LogP contribution is 2.38. The van der Waals surface area contributed by atoms with E-state index in [1.54, 1.807) is 27.7 Å². The van der Waals surface area contributed by atoms with Crippen LogP contribution >= 0.6 is 0 Å². The molecule has 210 valence electrons. The number of aliphatic hydroxyl groups excluding tert-OH is 2. The molecule has 0 aromatic carbocycles. The lowest BCUT2D eigenvalue weighted by atomic mass is 9.69. The van der Waals surface area contributed by atoms with Crippen LogP contribution in [-0.4, -0.2) is 84.7 Å². The second-order valence-electron chi connectivity index (χ2n) is 10.0. The van der Waals surface area contributed by atoms with Crippen molar-refractivity contribution in [2.45, 2.75) is 77.7 Å². The maximum atomic E-state index is 12.5. The summed E-state index contributed by atoms with van der Waals surface area (Å²) in [5.41, 5.74) is 30.7. The first-order chi connectivity index (χ1) is 16.6. The number of nitrogens with two attached hydrogens (primary N) is 6. The maximum Gasteiger partial charge on any atom is 0.323 e. The second-order valence-corrected chi connectivity index (χ2v) is 10.0. The average molecular weight is 519 g/mol. The fourth-order valence-electron chi connectivity index (χ4n) is 3.55. The van der Waals surface area contributed by atoms with Crippen LogP contribution in [0.2, 0.25) is 0 Å². The summed E-state index contributed by atoms with van der Waals surface area (Å²) in [5.74, 6) is -1.45. The van der Waals surface area contributed by atoms with Gasteiger partial charge in [-0.25, -0.2) is 0 Å². The van der Waals surface area contributed by atoms with E-state index in [9.17, 15) is 19.8 Å². The van der Waals surface area contributed by atoms with Gasteiger partial charge < -0.3 is 54.1 Å². The Balaban J connectivity index is 4.98. The minimum Gasteiger partial charge on any atom is -0.464 e. The molecule has 0 saturated heterocycles. The smallest absolute Gasteiger partial charge is 0.323 e. The van der Waals surface area contributed by atoms with Crippen LogP contribution in [-0.2, 0) is 19.1 Å². The second kappa shape index (κ2) is 15.4. The van der Waals surface area contributed by atoms with Gasteiger partial charge in [0.25, 0.3) is 0 Å². The lowest BCUT2D eigenvalue weighted by molar-refractivity contribution is -0.178. The monoisotopic (exact) mass is 518 g/mol. The van der Waals surface area contributed by atoms with E-state index in [-0.39, 0.29) is 24.9 Å². The van der Waals surface area contributed by atoms with E-state index in [0.29, 0.717) is 32.4 Å². The number of carbonyl (C=O) groups is 2. The molecule has 0 aliphatic carbocycles. The molecule has 0 amide bonds. The quantitative estimate of drug-likeness (QED) is 0.0433. The summed E-state index contributed by atoms with van der Waals surface area (Å²) in [6.45, 7) is 6.57. The Bertz CT molecular complexity index is 751. The number of esters is 2. The van der Waals surface area contributed by atoms with E-state index in [1.807, 2.05) is 0 Å². The number of aliphatic hydroxyl groups is 2. The van der Waals surface area contributed by atoms with Gasteiger partial charge in [0.05, 0.1) is 19.3 Å². The van der Waals surface area contributed by atoms with E-state index in [2.05, 4.69) is 9.98 Å². The van der Waals surface area contributed by atoms with Gasteiger partial charge in [-0.15, -0.1) is 0 Å². The fourth-order valence-corrected chi connectivity index (χ4v) is 3.55. The molecule has 14 N–H and O–H groups in total. The van der Waals surface area contributed by atoms with Crippen LogP contribution in [0.3, 0.4) is 0 Å². The van der Waals surface area contributed by atoms with Crippen molar-refractivity contribution >= 4 is 23.9 Å². The van der Waals surface area contributed by atoms with Crippen molar-refractivity contribution in [1.82, 2.24) is 0 Å². The van der Waals surface area contributed by atoms with Crippen LogP contribution in [0.4, 0.5) is 0 Å². The Kier molecular flexibility index (Phi) is 14.3. The first kappa shape index (κ1) is 33.3. The molecule has 0 heterocycles. The van der Waals surface area contributed by atoms with Crippen molar-refractivity contribution in [3.05, 3.63) is 0 Å². The Hall–Kier alpha value is -2.68. The summed E-state index contributed by atoms with van der Waals surface area (Å²) in [6.07, 6.45) is -0.689. The van der Waals surface area contributed by atoms with Crippen molar-refractivity contribution in [2.75, 3.05) is 26.3 Å². The third kappa shape index (κ3) is 11.8. The molecule has 0 aromatic heterocycles. The van der Waals surface area contributed by atoms with E-state index in [4.69, 9.17) is 43.9 Å². The lowest BCUT2D eigenvalue weighted by Crippen LogP contribution is -2.53. The van der Waals surface area contributed by atoms with Gasteiger partial charge in [-0.2, -0.15) is 0 Å². The summed E-state index contributed by atoms with van der Waals surface area (Å²) in [7, 11) is 0. The van der Waals surface area contributed by atoms with E-state index in [0.717, 1.165) is 0 Å². The Morgan fingerprint density at radius 1 is 0.861 bits per heavy atom. The highest BCUT2D eigenvalue weighted by atomic mass is 16.6. The summed E-state index contributed by atoms with van der Waals surface area (Å²) < 4.78 is 10.8. The van der Waals surface area contributed by atoms with Crippen LogP contribution in [0.15, 0.2) is 9.98 Å². The predicted octanol–water partition coefficient (Wildman–Crippen LogP) is -2.39. The van der Waals surface area contributed by atoms with E-state index < -0.39 is 53.7 Å². The summed E-state index contributed by atoms with van der Waals surface area (Å²) in [6, 6.07) is -1.83. The highest BCUT2D eigenvalue weighted by Gasteiger charge is 2.47. The minimum absolute atomic E-state index is 0.0406. The third-order valence-electron chi connectivity index (χ3n) is 5.83. The zero-order valence-electron chi connectivity index (χ0n) is 21.9. The fraction of sp³-hybridized carbons (Fsp3) is 0.818. The molecule has 0 radical (unpaired) electrons. The number of hydrogen-bond acceptors (Lipinski definition) is 10. The molecule has 0 aliphatic rings. The van der Waals surface area contributed by atoms with Gasteiger partial charge >= 0.3 is 11.9 Å². The van der Waals surface area contributed by atoms with Gasteiger partial charge in [0.15, 0.2) is 11.9 Å². The number of guanidine groups is 2. The summed E-state index contributed by atoms with van der Waals surface area (Å²) in [4.78, 5) is 32.4. The lowest BCUT2D eigenvalue weighted by Gasteiger charge is -2.44. The number of nitrogens with zero attached hydrogens (tertiary/aromatic N) is 2. The Morgan fingerprint density at radius 2 is 1.31 bits per heavy atom. The SMILES string of the molecule is CC(C)(COC(=O)C(N)CCCN=C(N)N)C(O)C(C)(C)C(CO)OC(=O)C(N)CCCN=C(N)N. The number of ether oxygens (including phenoxy) is 2. The third-order valence-corrected chi connectivity index (χ3v) is 5.83. The minimum atomic E-state index is -1.15. The number of carbonyl (C=O) groups excluding carboxylic acids is 2. The first-order valence-corrected chi connectivity index (χ1v) is 11.8. The van der Waals surface area contributed by atoms with Crippen LogP contribution < -0.4 is 34.4 Å². The number of hydrogen-bond donors (Lipinski definition) is 8. The molecule has 0 spiro atoms. The molecule has 0 fully saturated rings. The van der Waals surface area contributed by atoms with Gasteiger partial charge in [0, 0.05) is 23.9 Å². The van der Waals surface area contributed by atoms with Crippen LogP contribution in [0.1, 0.15) is 53.4 Å². The van der Waals surface area contributed by atoms with Gasteiger partial charge in [0.2, 0.25) is 0 Å². The molecule has 0 saturated carbocycles. The molecule has 14 nitrogen and oxygen atoms in total. The molecule has 0 bridgehead atoms. The van der Waals surface area contributed by atoms with Gasteiger partial charge in [-0.3, -0.25) is 19.6 Å². The summed E-state index contributed by atoms with van der Waals surface area (Å²) >= 11 is 0. The standard InChI is InChI=1S/C22H46N8O6/c1-21(2,12-35-16(32)13(23)7-5-9-29-19(25)26)18(34)22(3,4)15(11-31)36-17(33)14(24)8-6-10-30-20(27)28/h13-15,18,31,34H,5-12,23-24H2,1-4H3,(H4,25,26,29)(H4,27,28,30). The molecule has 0 rings (SSSR count). The highest BCUT2D eigenvalue weighted by molar-refractivity contribution is 5.77. The van der Waals surface area contributed by atoms with Crippen molar-refractivity contribution in [1.29, 1.82) is 0 Å². The van der Waals surface area contributed by atoms with E-state index in [1.165, 1.54) is 0 Å². The van der Waals surface area contributed by atoms with Gasteiger partial charge in [-0.05, 0) is 25.7 Å². The van der Waals surface area contributed by atoms with Crippen molar-refractivity contribution in [2.24, 2.45) is 55.2 Å². The number of rotatable bonds is 17. The number of aliphatic imine (C=N–C) groups is 2. The molecule has 4 unspecified atom stereocenters. The van der Waals surface area contributed by atoms with Crippen molar-refractivity contribution in [3.63, 3.8) is 0 Å². The zero-order chi connectivity index (χ0) is 28.1. The first-order valence-electron chi connectivity index (χ1n) is 11.8. The molecule has 36 heavy (non-hydrogen) atoms. The average Bonchev–Trinajstić information content (AvgIpc) is 2.79. The Morgan fingerprint density at radius 3 is 1.72 bits per heavy atom. The van der Waals surface area contributed by atoms with Crippen LogP contribution in [0.25, 0.3) is 0 Å². The molecule has 0 aliphatic heterocycles. The normalized spacial score (nSPS) is 15.2. The topological polar surface area (TPSA) is 274 Å². The van der Waals surface area contributed by atoms with Crippen LogP contribution in [0, 0.1) is 10.8 Å². The molecule has 4 atom stereocenters. The van der Waals surface area contributed by atoms with Gasteiger partial charge in [-0.1, -0.05) is 27.7 Å². The van der Waals surface area contributed by atoms with Crippen molar-refractivity contribution in [3.8, 4) is 0 Å². The molecular formula is C22H46N8O6. The maximum absolute atomic E-state index is 12.5. The predicted molar refractivity (Wildman–Crippen MR) is 137 cm³/mol. The molecule has 0 aromatic rings. The van der Waals surface area contributed by atoms with Gasteiger partial charge in [0.1, 0.15) is 18.2 Å². The summed E-state index contributed by atoms with van der Waals surface area (Å²) in [5, 5.41) is 21.0. The van der Waals surface area contributed by atoms with Crippen molar-refractivity contribution < 1.29 is 29.3 Å². The molecule has 14 heteroatoms.